The number of fused-ring (bicyclic) bond motifs is 1. The number of carbonyl (C=O) groups is 1. The summed E-state index contributed by atoms with van der Waals surface area (Å²) < 4.78 is 2.08. The molecule has 0 saturated heterocycles. The average Bonchev–Trinajstić information content (AvgIpc) is 3.47. The van der Waals surface area contributed by atoms with E-state index in [1.807, 2.05) is 36.4 Å². The van der Waals surface area contributed by atoms with Crippen molar-refractivity contribution in [3.63, 3.8) is 0 Å². The lowest BCUT2D eigenvalue weighted by atomic mass is 10.2. The SMILES string of the molecule is CCN(CC)c1ccc(NC(=O)Cn2c(C3CC3)nc3ccccc32)cc1. The summed E-state index contributed by atoms with van der Waals surface area (Å²) in [7, 11) is 0. The molecular formula is C22H26N4O. The number of para-hydroxylation sites is 2. The lowest BCUT2D eigenvalue weighted by Gasteiger charge is -2.21. The third-order valence-electron chi connectivity index (χ3n) is 5.21. The van der Waals surface area contributed by atoms with Gasteiger partial charge in [-0.3, -0.25) is 4.79 Å². The highest BCUT2D eigenvalue weighted by molar-refractivity contribution is 5.92. The maximum absolute atomic E-state index is 12.7. The summed E-state index contributed by atoms with van der Waals surface area (Å²) in [5.74, 6) is 1.53. The predicted octanol–water partition coefficient (Wildman–Crippen LogP) is 4.40. The van der Waals surface area contributed by atoms with Gasteiger partial charge < -0.3 is 14.8 Å². The van der Waals surface area contributed by atoms with E-state index in [0.29, 0.717) is 12.5 Å². The van der Waals surface area contributed by atoms with Gasteiger partial charge in [-0.2, -0.15) is 0 Å². The lowest BCUT2D eigenvalue weighted by Crippen LogP contribution is -2.22. The number of hydrogen-bond donors (Lipinski definition) is 1. The van der Waals surface area contributed by atoms with Gasteiger partial charge in [-0.1, -0.05) is 12.1 Å². The molecule has 0 radical (unpaired) electrons. The van der Waals surface area contributed by atoms with E-state index >= 15 is 0 Å². The largest absolute Gasteiger partial charge is 0.372 e. The molecule has 0 aliphatic heterocycles. The van der Waals surface area contributed by atoms with Gasteiger partial charge in [0.25, 0.3) is 0 Å². The first-order valence-corrected chi connectivity index (χ1v) is 9.79. The molecule has 1 aliphatic carbocycles. The molecule has 0 bridgehead atoms. The fourth-order valence-electron chi connectivity index (χ4n) is 3.60. The lowest BCUT2D eigenvalue weighted by molar-refractivity contribution is -0.116. The number of anilines is 2. The third-order valence-corrected chi connectivity index (χ3v) is 5.21. The zero-order chi connectivity index (χ0) is 18.8. The van der Waals surface area contributed by atoms with Crippen LogP contribution in [0.15, 0.2) is 48.5 Å². The molecule has 1 amide bonds. The van der Waals surface area contributed by atoms with Crippen LogP contribution in [0.2, 0.25) is 0 Å². The van der Waals surface area contributed by atoms with Crippen molar-refractivity contribution >= 4 is 28.3 Å². The highest BCUT2D eigenvalue weighted by atomic mass is 16.1. The van der Waals surface area contributed by atoms with E-state index in [1.54, 1.807) is 0 Å². The molecule has 5 heteroatoms. The van der Waals surface area contributed by atoms with Crippen LogP contribution < -0.4 is 10.2 Å². The van der Waals surface area contributed by atoms with E-state index in [1.165, 1.54) is 5.69 Å². The smallest absolute Gasteiger partial charge is 0.244 e. The Morgan fingerprint density at radius 2 is 1.81 bits per heavy atom. The molecule has 1 N–H and O–H groups in total. The van der Waals surface area contributed by atoms with Crippen molar-refractivity contribution in [2.24, 2.45) is 0 Å². The van der Waals surface area contributed by atoms with Crippen LogP contribution in [0.1, 0.15) is 38.4 Å². The topological polar surface area (TPSA) is 50.2 Å². The second-order valence-electron chi connectivity index (χ2n) is 7.09. The summed E-state index contributed by atoms with van der Waals surface area (Å²) in [6, 6.07) is 16.1. The molecule has 1 saturated carbocycles. The normalized spacial score (nSPS) is 13.7. The van der Waals surface area contributed by atoms with Crippen LogP contribution in [0.5, 0.6) is 0 Å². The van der Waals surface area contributed by atoms with Gasteiger partial charge >= 0.3 is 0 Å². The summed E-state index contributed by atoms with van der Waals surface area (Å²) in [5.41, 5.74) is 4.00. The van der Waals surface area contributed by atoms with Crippen molar-refractivity contribution < 1.29 is 4.79 Å². The number of aromatic nitrogens is 2. The summed E-state index contributed by atoms with van der Waals surface area (Å²) in [6.07, 6.45) is 2.33. The molecular weight excluding hydrogens is 336 g/mol. The molecule has 140 valence electrons. The highest BCUT2D eigenvalue weighted by Crippen LogP contribution is 2.40. The van der Waals surface area contributed by atoms with E-state index in [0.717, 1.165) is 48.5 Å². The Bertz CT molecular complexity index is 937. The van der Waals surface area contributed by atoms with Crippen molar-refractivity contribution in [2.75, 3.05) is 23.3 Å². The Balaban J connectivity index is 1.50. The van der Waals surface area contributed by atoms with Crippen LogP contribution in [0.3, 0.4) is 0 Å². The van der Waals surface area contributed by atoms with E-state index in [-0.39, 0.29) is 5.91 Å². The summed E-state index contributed by atoms with van der Waals surface area (Å²) in [5, 5.41) is 3.03. The van der Waals surface area contributed by atoms with Gasteiger partial charge in [0.05, 0.1) is 11.0 Å². The van der Waals surface area contributed by atoms with Crippen LogP contribution in [0.25, 0.3) is 11.0 Å². The van der Waals surface area contributed by atoms with Gasteiger partial charge in [0, 0.05) is 30.4 Å². The summed E-state index contributed by atoms with van der Waals surface area (Å²) in [6.45, 7) is 6.53. The first kappa shape index (κ1) is 17.6. The summed E-state index contributed by atoms with van der Waals surface area (Å²) in [4.78, 5) is 19.7. The molecule has 1 fully saturated rings. The minimum Gasteiger partial charge on any atom is -0.372 e. The minimum atomic E-state index is -0.0179. The number of amides is 1. The fourth-order valence-corrected chi connectivity index (χ4v) is 3.60. The molecule has 0 spiro atoms. The fraction of sp³-hybridized carbons (Fsp3) is 0.364. The van der Waals surface area contributed by atoms with Gasteiger partial charge in [-0.05, 0) is 63.1 Å². The van der Waals surface area contributed by atoms with Crippen molar-refractivity contribution in [2.45, 2.75) is 39.2 Å². The molecule has 27 heavy (non-hydrogen) atoms. The van der Waals surface area contributed by atoms with Crippen molar-refractivity contribution in [3.05, 3.63) is 54.4 Å². The van der Waals surface area contributed by atoms with Crippen molar-refractivity contribution in [1.29, 1.82) is 0 Å². The molecule has 3 aromatic rings. The van der Waals surface area contributed by atoms with E-state index < -0.39 is 0 Å². The van der Waals surface area contributed by atoms with Crippen molar-refractivity contribution in [1.82, 2.24) is 9.55 Å². The Morgan fingerprint density at radius 3 is 2.48 bits per heavy atom. The predicted molar refractivity (Wildman–Crippen MR) is 110 cm³/mol. The van der Waals surface area contributed by atoms with Crippen LogP contribution in [0, 0.1) is 0 Å². The van der Waals surface area contributed by atoms with E-state index in [2.05, 4.69) is 40.8 Å². The molecule has 4 rings (SSSR count). The molecule has 2 aromatic carbocycles. The first-order chi connectivity index (χ1) is 13.2. The van der Waals surface area contributed by atoms with Crippen LogP contribution in [0.4, 0.5) is 11.4 Å². The number of imidazole rings is 1. The molecule has 1 aromatic heterocycles. The highest BCUT2D eigenvalue weighted by Gasteiger charge is 2.30. The Labute approximate surface area is 160 Å². The average molecular weight is 362 g/mol. The van der Waals surface area contributed by atoms with Crippen LogP contribution >= 0.6 is 0 Å². The third kappa shape index (κ3) is 3.68. The maximum atomic E-state index is 12.7. The van der Waals surface area contributed by atoms with Gasteiger partial charge in [0.1, 0.15) is 12.4 Å². The van der Waals surface area contributed by atoms with E-state index in [9.17, 15) is 4.79 Å². The quantitative estimate of drug-likeness (QED) is 0.678. The second-order valence-corrected chi connectivity index (χ2v) is 7.09. The summed E-state index contributed by atoms with van der Waals surface area (Å²) >= 11 is 0. The van der Waals surface area contributed by atoms with E-state index in [4.69, 9.17) is 4.98 Å². The van der Waals surface area contributed by atoms with Gasteiger partial charge in [-0.25, -0.2) is 4.98 Å². The van der Waals surface area contributed by atoms with Crippen molar-refractivity contribution in [3.8, 4) is 0 Å². The maximum Gasteiger partial charge on any atom is 0.244 e. The molecule has 0 atom stereocenters. The standard InChI is InChI=1S/C22H26N4O/c1-3-25(4-2)18-13-11-17(12-14-18)23-21(27)15-26-20-8-6-5-7-19(20)24-22(26)16-9-10-16/h5-8,11-14,16H,3-4,9-10,15H2,1-2H3,(H,23,27). The Kier molecular flexibility index (Phi) is 4.84. The molecule has 0 unspecified atom stereocenters. The monoisotopic (exact) mass is 362 g/mol. The Morgan fingerprint density at radius 1 is 1.11 bits per heavy atom. The number of carbonyl (C=O) groups excluding carboxylic acids is 1. The number of nitrogens with zero attached hydrogens (tertiary/aromatic N) is 3. The zero-order valence-electron chi connectivity index (χ0n) is 16.0. The number of rotatable bonds is 7. The minimum absolute atomic E-state index is 0.0179. The molecule has 1 heterocycles. The van der Waals surface area contributed by atoms with Crippen LogP contribution in [-0.2, 0) is 11.3 Å². The zero-order valence-corrected chi connectivity index (χ0v) is 16.0. The first-order valence-electron chi connectivity index (χ1n) is 9.79. The van der Waals surface area contributed by atoms with Gasteiger partial charge in [-0.15, -0.1) is 0 Å². The molecule has 5 nitrogen and oxygen atoms in total. The van der Waals surface area contributed by atoms with Gasteiger partial charge in [0.15, 0.2) is 0 Å². The second kappa shape index (κ2) is 7.43. The number of nitrogens with one attached hydrogen (secondary N) is 1. The van der Waals surface area contributed by atoms with Gasteiger partial charge in [0.2, 0.25) is 5.91 Å². The number of hydrogen-bond acceptors (Lipinski definition) is 3. The number of benzene rings is 2. The van der Waals surface area contributed by atoms with Crippen LogP contribution in [-0.4, -0.2) is 28.5 Å². The molecule has 1 aliphatic rings. The Hall–Kier alpha value is -2.82.